The molecule has 0 heterocycles. The SMILES string of the molecule is NCCCCC(NN)C(=O)O. The van der Waals surface area contributed by atoms with Crippen molar-refractivity contribution in [2.75, 3.05) is 6.54 Å². The molecule has 0 aromatic carbocycles. The van der Waals surface area contributed by atoms with Crippen molar-refractivity contribution in [3.05, 3.63) is 0 Å². The Morgan fingerprint density at radius 2 is 2.18 bits per heavy atom. The molecule has 0 rings (SSSR count). The van der Waals surface area contributed by atoms with Crippen LogP contribution in [0.5, 0.6) is 0 Å². The molecule has 5 nitrogen and oxygen atoms in total. The first-order chi connectivity index (χ1) is 5.22. The average Bonchev–Trinajstić information content (AvgIpc) is 1.97. The molecule has 11 heavy (non-hydrogen) atoms. The van der Waals surface area contributed by atoms with Crippen molar-refractivity contribution in [2.24, 2.45) is 11.6 Å². The lowest BCUT2D eigenvalue weighted by atomic mass is 10.1. The number of rotatable bonds is 6. The van der Waals surface area contributed by atoms with Crippen molar-refractivity contribution in [3.63, 3.8) is 0 Å². The lowest BCUT2D eigenvalue weighted by Gasteiger charge is -2.09. The van der Waals surface area contributed by atoms with Crippen LogP contribution in [0.3, 0.4) is 0 Å². The summed E-state index contributed by atoms with van der Waals surface area (Å²) in [6, 6.07) is -0.637. The van der Waals surface area contributed by atoms with Crippen LogP contribution in [0.15, 0.2) is 0 Å². The molecule has 0 bridgehead atoms. The molecule has 0 aliphatic carbocycles. The molecule has 66 valence electrons. The summed E-state index contributed by atoms with van der Waals surface area (Å²) in [7, 11) is 0. The highest BCUT2D eigenvalue weighted by molar-refractivity contribution is 5.73. The normalized spacial score (nSPS) is 12.9. The first kappa shape index (κ1) is 10.3. The molecule has 0 amide bonds. The number of hydrogen-bond donors (Lipinski definition) is 4. The van der Waals surface area contributed by atoms with E-state index in [0.29, 0.717) is 13.0 Å². The van der Waals surface area contributed by atoms with Gasteiger partial charge in [-0.15, -0.1) is 0 Å². The van der Waals surface area contributed by atoms with Crippen molar-refractivity contribution in [2.45, 2.75) is 25.3 Å². The molecular weight excluding hydrogens is 146 g/mol. The number of nitrogens with one attached hydrogen (secondary N) is 1. The Balaban J connectivity index is 3.44. The standard InChI is InChI=1S/C6H15N3O2/c7-4-2-1-3-5(9-8)6(10)11/h5,9H,1-4,7-8H2,(H,10,11). The van der Waals surface area contributed by atoms with Gasteiger partial charge in [0.2, 0.25) is 0 Å². The third-order valence-electron chi connectivity index (χ3n) is 1.45. The van der Waals surface area contributed by atoms with E-state index in [1.54, 1.807) is 0 Å². The van der Waals surface area contributed by atoms with Gasteiger partial charge < -0.3 is 10.8 Å². The zero-order valence-corrected chi connectivity index (χ0v) is 6.42. The second kappa shape index (κ2) is 6.09. The fourth-order valence-electron chi connectivity index (χ4n) is 0.771. The third kappa shape index (κ3) is 4.72. The van der Waals surface area contributed by atoms with Crippen LogP contribution >= 0.6 is 0 Å². The highest BCUT2D eigenvalue weighted by atomic mass is 16.4. The molecule has 0 radical (unpaired) electrons. The van der Waals surface area contributed by atoms with Crippen LogP contribution in [-0.4, -0.2) is 23.7 Å². The summed E-state index contributed by atoms with van der Waals surface area (Å²) in [5.74, 6) is 4.08. The van der Waals surface area contributed by atoms with Crippen LogP contribution in [0.4, 0.5) is 0 Å². The van der Waals surface area contributed by atoms with E-state index in [1.807, 2.05) is 0 Å². The van der Waals surface area contributed by atoms with Gasteiger partial charge in [0, 0.05) is 0 Å². The zero-order chi connectivity index (χ0) is 8.69. The van der Waals surface area contributed by atoms with Crippen molar-refractivity contribution in [1.29, 1.82) is 0 Å². The van der Waals surface area contributed by atoms with E-state index in [4.69, 9.17) is 16.7 Å². The van der Waals surface area contributed by atoms with E-state index in [2.05, 4.69) is 5.43 Å². The number of nitrogens with two attached hydrogens (primary N) is 2. The molecule has 5 heteroatoms. The summed E-state index contributed by atoms with van der Waals surface area (Å²) in [6.07, 6.45) is 2.16. The van der Waals surface area contributed by atoms with E-state index in [1.165, 1.54) is 0 Å². The van der Waals surface area contributed by atoms with Crippen LogP contribution in [0.1, 0.15) is 19.3 Å². The summed E-state index contributed by atoms with van der Waals surface area (Å²) in [4.78, 5) is 10.4. The van der Waals surface area contributed by atoms with Gasteiger partial charge >= 0.3 is 5.97 Å². The van der Waals surface area contributed by atoms with Crippen LogP contribution in [0.2, 0.25) is 0 Å². The van der Waals surface area contributed by atoms with Crippen molar-refractivity contribution in [3.8, 4) is 0 Å². The molecule has 0 saturated heterocycles. The number of carboxylic acid groups (broad SMARTS) is 1. The van der Waals surface area contributed by atoms with Gasteiger partial charge in [0.15, 0.2) is 0 Å². The highest BCUT2D eigenvalue weighted by Crippen LogP contribution is 1.98. The van der Waals surface area contributed by atoms with Gasteiger partial charge in [-0.25, -0.2) is 5.43 Å². The smallest absolute Gasteiger partial charge is 0.322 e. The van der Waals surface area contributed by atoms with Crippen LogP contribution in [0.25, 0.3) is 0 Å². The molecule has 0 aromatic heterocycles. The lowest BCUT2D eigenvalue weighted by Crippen LogP contribution is -2.41. The number of aliphatic carboxylic acids is 1. The molecule has 0 fully saturated rings. The largest absolute Gasteiger partial charge is 0.480 e. The van der Waals surface area contributed by atoms with Gasteiger partial charge in [-0.1, -0.05) is 0 Å². The second-order valence-electron chi connectivity index (χ2n) is 2.34. The monoisotopic (exact) mass is 161 g/mol. The first-order valence-corrected chi connectivity index (χ1v) is 3.61. The maximum Gasteiger partial charge on any atom is 0.322 e. The molecule has 0 aliphatic rings. The Bertz CT molecular complexity index is 118. The Morgan fingerprint density at radius 3 is 2.55 bits per heavy atom. The number of unbranched alkanes of at least 4 members (excludes halogenated alkanes) is 1. The van der Waals surface area contributed by atoms with Crippen LogP contribution in [-0.2, 0) is 4.79 Å². The van der Waals surface area contributed by atoms with Crippen LogP contribution < -0.4 is 17.0 Å². The molecular formula is C6H15N3O2. The van der Waals surface area contributed by atoms with Gasteiger partial charge in [0.05, 0.1) is 0 Å². The minimum Gasteiger partial charge on any atom is -0.480 e. The van der Waals surface area contributed by atoms with Gasteiger partial charge in [-0.2, -0.15) is 0 Å². The van der Waals surface area contributed by atoms with Gasteiger partial charge in [-0.3, -0.25) is 10.6 Å². The average molecular weight is 161 g/mol. The number of hydrazine groups is 1. The van der Waals surface area contributed by atoms with E-state index in [-0.39, 0.29) is 0 Å². The van der Waals surface area contributed by atoms with Crippen molar-refractivity contribution in [1.82, 2.24) is 5.43 Å². The molecule has 1 atom stereocenters. The Labute approximate surface area is 65.7 Å². The quantitative estimate of drug-likeness (QED) is 0.228. The number of carboxylic acids is 1. The van der Waals surface area contributed by atoms with Crippen molar-refractivity contribution >= 4 is 5.97 Å². The molecule has 0 spiro atoms. The van der Waals surface area contributed by atoms with Gasteiger partial charge in [-0.05, 0) is 25.8 Å². The Kier molecular flexibility index (Phi) is 5.73. The summed E-state index contributed by atoms with van der Waals surface area (Å²) >= 11 is 0. The fourth-order valence-corrected chi connectivity index (χ4v) is 0.771. The topological polar surface area (TPSA) is 101 Å². The molecule has 0 aliphatic heterocycles. The molecule has 0 aromatic rings. The predicted molar refractivity (Wildman–Crippen MR) is 41.7 cm³/mol. The van der Waals surface area contributed by atoms with Crippen LogP contribution in [0, 0.1) is 0 Å². The minimum absolute atomic E-state index is 0.531. The second-order valence-corrected chi connectivity index (χ2v) is 2.34. The zero-order valence-electron chi connectivity index (χ0n) is 6.42. The molecule has 1 unspecified atom stereocenters. The lowest BCUT2D eigenvalue weighted by molar-refractivity contribution is -0.139. The summed E-state index contributed by atoms with van der Waals surface area (Å²) in [5, 5.41) is 8.50. The molecule has 6 N–H and O–H groups in total. The fraction of sp³-hybridized carbons (Fsp3) is 0.833. The predicted octanol–water partition coefficient (Wildman–Crippen LogP) is -0.968. The summed E-state index contributed by atoms with van der Waals surface area (Å²) in [6.45, 7) is 0.594. The Morgan fingerprint density at radius 1 is 1.55 bits per heavy atom. The van der Waals surface area contributed by atoms with E-state index in [9.17, 15) is 4.79 Å². The maximum atomic E-state index is 10.4. The van der Waals surface area contributed by atoms with Gasteiger partial charge in [0.25, 0.3) is 0 Å². The van der Waals surface area contributed by atoms with E-state index >= 15 is 0 Å². The third-order valence-corrected chi connectivity index (χ3v) is 1.45. The van der Waals surface area contributed by atoms with Crippen molar-refractivity contribution < 1.29 is 9.90 Å². The number of carbonyl (C=O) groups is 1. The van der Waals surface area contributed by atoms with E-state index < -0.39 is 12.0 Å². The maximum absolute atomic E-state index is 10.4. The first-order valence-electron chi connectivity index (χ1n) is 3.61. The highest BCUT2D eigenvalue weighted by Gasteiger charge is 2.13. The van der Waals surface area contributed by atoms with E-state index in [0.717, 1.165) is 12.8 Å². The number of hydrogen-bond acceptors (Lipinski definition) is 4. The minimum atomic E-state index is -0.912. The van der Waals surface area contributed by atoms with Gasteiger partial charge in [0.1, 0.15) is 6.04 Å². The molecule has 0 saturated carbocycles. The summed E-state index contributed by atoms with van der Waals surface area (Å²) in [5.41, 5.74) is 7.45. The summed E-state index contributed by atoms with van der Waals surface area (Å²) < 4.78 is 0. The Hall–Kier alpha value is -0.650.